The van der Waals surface area contributed by atoms with Crippen LogP contribution in [0.15, 0.2) is 60.5 Å². The number of allylic oxidation sites excluding steroid dienone is 1. The van der Waals surface area contributed by atoms with E-state index in [1.807, 2.05) is 24.4 Å². The first kappa shape index (κ1) is 20.4. The number of ether oxygens (including phenoxy) is 2. The molecule has 0 unspecified atom stereocenters. The largest absolute Gasteiger partial charge is 0.494 e. The van der Waals surface area contributed by atoms with Gasteiger partial charge < -0.3 is 19.7 Å². The SMILES string of the molecule is O=C1C(=CN(CCCCOc2ccc(F)cc2)C2CCNCC2)Oc2ccccc21. The number of carbonyl (C=O) groups excluding carboxylic acids is 1. The van der Waals surface area contributed by atoms with Gasteiger partial charge in [-0.25, -0.2) is 4.39 Å². The molecule has 0 amide bonds. The number of hydrogen-bond acceptors (Lipinski definition) is 5. The van der Waals surface area contributed by atoms with Crippen molar-refractivity contribution >= 4 is 5.78 Å². The van der Waals surface area contributed by atoms with Crippen molar-refractivity contribution in [3.8, 4) is 11.5 Å². The van der Waals surface area contributed by atoms with Crippen molar-refractivity contribution in [2.75, 3.05) is 26.2 Å². The molecule has 0 saturated carbocycles. The van der Waals surface area contributed by atoms with Gasteiger partial charge in [-0.15, -0.1) is 0 Å². The summed E-state index contributed by atoms with van der Waals surface area (Å²) in [5.41, 5.74) is 0.627. The Morgan fingerprint density at radius 3 is 2.63 bits per heavy atom. The molecule has 0 spiro atoms. The third-order valence-corrected chi connectivity index (χ3v) is 5.53. The fourth-order valence-electron chi connectivity index (χ4n) is 3.88. The number of rotatable bonds is 8. The van der Waals surface area contributed by atoms with E-state index in [1.54, 1.807) is 18.2 Å². The summed E-state index contributed by atoms with van der Waals surface area (Å²) in [5, 5.41) is 3.39. The maximum atomic E-state index is 13.0. The molecular weight excluding hydrogens is 383 g/mol. The predicted molar refractivity (Wildman–Crippen MR) is 113 cm³/mol. The summed E-state index contributed by atoms with van der Waals surface area (Å²) < 4.78 is 24.5. The van der Waals surface area contributed by atoms with Gasteiger partial charge in [-0.3, -0.25) is 4.79 Å². The van der Waals surface area contributed by atoms with Crippen molar-refractivity contribution in [1.82, 2.24) is 10.2 Å². The molecule has 0 bridgehead atoms. The molecule has 2 heterocycles. The van der Waals surface area contributed by atoms with E-state index in [1.165, 1.54) is 12.1 Å². The highest BCUT2D eigenvalue weighted by atomic mass is 19.1. The van der Waals surface area contributed by atoms with Crippen LogP contribution in [-0.4, -0.2) is 43.0 Å². The van der Waals surface area contributed by atoms with E-state index in [9.17, 15) is 9.18 Å². The number of hydrogen-bond donors (Lipinski definition) is 1. The summed E-state index contributed by atoms with van der Waals surface area (Å²) in [5.74, 6) is 1.39. The van der Waals surface area contributed by atoms with Crippen LogP contribution in [0.1, 0.15) is 36.0 Å². The lowest BCUT2D eigenvalue weighted by molar-refractivity contribution is 0.100. The molecule has 0 atom stereocenters. The Morgan fingerprint density at radius 2 is 1.87 bits per heavy atom. The maximum Gasteiger partial charge on any atom is 0.233 e. The molecule has 5 nitrogen and oxygen atoms in total. The third kappa shape index (κ3) is 5.00. The van der Waals surface area contributed by atoms with Crippen molar-refractivity contribution < 1.29 is 18.7 Å². The Hall–Kier alpha value is -2.86. The summed E-state index contributed by atoms with van der Waals surface area (Å²) in [7, 11) is 0. The lowest BCUT2D eigenvalue weighted by atomic mass is 10.0. The normalized spacial score (nSPS) is 17.6. The second-order valence-corrected chi connectivity index (χ2v) is 7.65. The van der Waals surface area contributed by atoms with E-state index in [0.29, 0.717) is 35.5 Å². The first-order valence-corrected chi connectivity index (χ1v) is 10.6. The lowest BCUT2D eigenvalue weighted by Crippen LogP contribution is -2.41. The first-order valence-electron chi connectivity index (χ1n) is 10.6. The third-order valence-electron chi connectivity index (χ3n) is 5.53. The van der Waals surface area contributed by atoms with Crippen molar-refractivity contribution in [3.05, 3.63) is 71.9 Å². The fraction of sp³-hybridized carbons (Fsp3) is 0.375. The topological polar surface area (TPSA) is 50.8 Å². The highest BCUT2D eigenvalue weighted by Crippen LogP contribution is 2.31. The van der Waals surface area contributed by atoms with E-state index in [2.05, 4.69) is 10.2 Å². The Kier molecular flexibility index (Phi) is 6.64. The minimum Gasteiger partial charge on any atom is -0.494 e. The number of carbonyl (C=O) groups is 1. The van der Waals surface area contributed by atoms with Crippen LogP contribution < -0.4 is 14.8 Å². The maximum absolute atomic E-state index is 13.0. The summed E-state index contributed by atoms with van der Waals surface area (Å²) in [4.78, 5) is 15.0. The number of benzene rings is 2. The van der Waals surface area contributed by atoms with Crippen molar-refractivity contribution in [3.63, 3.8) is 0 Å². The molecule has 158 valence electrons. The van der Waals surface area contributed by atoms with Crippen LogP contribution >= 0.6 is 0 Å². The van der Waals surface area contributed by atoms with Gasteiger partial charge in [0.15, 0.2) is 5.76 Å². The van der Waals surface area contributed by atoms with Gasteiger partial charge >= 0.3 is 0 Å². The fourth-order valence-corrected chi connectivity index (χ4v) is 3.88. The van der Waals surface area contributed by atoms with Crippen molar-refractivity contribution in [1.29, 1.82) is 0 Å². The number of halogens is 1. The highest BCUT2D eigenvalue weighted by molar-refractivity contribution is 6.12. The van der Waals surface area contributed by atoms with Gasteiger partial charge in [0.05, 0.1) is 12.2 Å². The molecule has 0 aromatic heterocycles. The molecule has 1 fully saturated rings. The number of unbranched alkanes of at least 4 members (excludes halogenated alkanes) is 1. The zero-order chi connectivity index (χ0) is 20.8. The summed E-state index contributed by atoms with van der Waals surface area (Å²) in [6.45, 7) is 3.36. The molecule has 0 radical (unpaired) electrons. The smallest absolute Gasteiger partial charge is 0.233 e. The van der Waals surface area contributed by atoms with Crippen LogP contribution in [0.3, 0.4) is 0 Å². The van der Waals surface area contributed by atoms with Crippen LogP contribution in [0, 0.1) is 5.82 Å². The highest BCUT2D eigenvalue weighted by Gasteiger charge is 2.29. The number of piperidine rings is 1. The average molecular weight is 410 g/mol. The van der Waals surface area contributed by atoms with Gasteiger partial charge in [0.25, 0.3) is 0 Å². The molecule has 4 rings (SSSR count). The summed E-state index contributed by atoms with van der Waals surface area (Å²) in [6.07, 6.45) is 5.78. The second kappa shape index (κ2) is 9.76. The Labute approximate surface area is 176 Å². The monoisotopic (exact) mass is 410 g/mol. The number of para-hydroxylation sites is 1. The Morgan fingerprint density at radius 1 is 1.10 bits per heavy atom. The van der Waals surface area contributed by atoms with Gasteiger partial charge in [0.1, 0.15) is 17.3 Å². The van der Waals surface area contributed by atoms with Crippen LogP contribution in [0.4, 0.5) is 4.39 Å². The number of nitrogens with zero attached hydrogens (tertiary/aromatic N) is 1. The van der Waals surface area contributed by atoms with Crippen LogP contribution in [0.25, 0.3) is 0 Å². The van der Waals surface area contributed by atoms with E-state index in [4.69, 9.17) is 9.47 Å². The minimum atomic E-state index is -0.265. The van der Waals surface area contributed by atoms with Gasteiger partial charge in [0, 0.05) is 18.8 Å². The molecule has 2 aliphatic heterocycles. The zero-order valence-corrected chi connectivity index (χ0v) is 17.0. The summed E-state index contributed by atoms with van der Waals surface area (Å²) >= 11 is 0. The Bertz CT molecular complexity index is 892. The van der Waals surface area contributed by atoms with Gasteiger partial charge in [0.2, 0.25) is 5.78 Å². The van der Waals surface area contributed by atoms with Gasteiger partial charge in [-0.2, -0.15) is 0 Å². The predicted octanol–water partition coefficient (Wildman–Crippen LogP) is 4.16. The molecule has 2 aromatic carbocycles. The molecular formula is C24H27FN2O3. The Balaban J connectivity index is 1.35. The minimum absolute atomic E-state index is 0.0517. The van der Waals surface area contributed by atoms with E-state index in [-0.39, 0.29) is 11.6 Å². The van der Waals surface area contributed by atoms with Crippen molar-refractivity contribution in [2.24, 2.45) is 0 Å². The van der Waals surface area contributed by atoms with Gasteiger partial charge in [-0.1, -0.05) is 12.1 Å². The standard InChI is InChI=1S/C24H27FN2O3/c25-18-7-9-20(10-8-18)29-16-4-3-15-27(19-11-13-26-14-12-19)17-23-24(28)21-5-1-2-6-22(21)30-23/h1-2,5-10,17,19,26H,3-4,11-16H2. The number of nitrogens with one attached hydrogen (secondary N) is 1. The number of Topliss-reactive ketones (excluding diaryl/α,β-unsaturated/α-hetero) is 1. The second-order valence-electron chi connectivity index (χ2n) is 7.65. The quantitative estimate of drug-likeness (QED) is 0.523. The van der Waals surface area contributed by atoms with Crippen LogP contribution in [0.5, 0.6) is 11.5 Å². The average Bonchev–Trinajstić information content (AvgIpc) is 3.10. The van der Waals surface area contributed by atoms with Crippen LogP contribution in [-0.2, 0) is 0 Å². The van der Waals surface area contributed by atoms with Gasteiger partial charge in [-0.05, 0) is 75.2 Å². The zero-order valence-electron chi connectivity index (χ0n) is 17.0. The van der Waals surface area contributed by atoms with Crippen LogP contribution in [0.2, 0.25) is 0 Å². The molecule has 2 aromatic rings. The summed E-state index contributed by atoms with van der Waals surface area (Å²) in [6, 6.07) is 13.8. The van der Waals surface area contributed by atoms with E-state index in [0.717, 1.165) is 45.3 Å². The number of ketones is 1. The molecule has 1 N–H and O–H groups in total. The first-order chi connectivity index (χ1) is 14.7. The molecule has 2 aliphatic rings. The van der Waals surface area contributed by atoms with E-state index >= 15 is 0 Å². The lowest BCUT2D eigenvalue weighted by Gasteiger charge is -2.34. The molecule has 1 saturated heterocycles. The number of fused-ring (bicyclic) bond motifs is 1. The van der Waals surface area contributed by atoms with E-state index < -0.39 is 0 Å². The molecule has 30 heavy (non-hydrogen) atoms. The molecule has 0 aliphatic carbocycles. The van der Waals surface area contributed by atoms with Crippen molar-refractivity contribution in [2.45, 2.75) is 31.7 Å². The molecule has 6 heteroatoms.